The van der Waals surface area contributed by atoms with Gasteiger partial charge in [-0.15, -0.1) is 0 Å². The molecule has 0 unspecified atom stereocenters. The van der Waals surface area contributed by atoms with Gasteiger partial charge in [-0.1, -0.05) is 19.8 Å². The molecule has 1 rings (SSSR count). The molecule has 0 aliphatic heterocycles. The molecule has 14 heavy (non-hydrogen) atoms. The average molecular weight is 195 g/mol. The van der Waals surface area contributed by atoms with Gasteiger partial charge in [-0.25, -0.2) is 0 Å². The molecule has 0 aliphatic rings. The molecule has 0 spiro atoms. The summed E-state index contributed by atoms with van der Waals surface area (Å²) in [5.41, 5.74) is 0. The number of hydrogen-bond acceptors (Lipinski definition) is 2. The van der Waals surface area contributed by atoms with Crippen molar-refractivity contribution in [3.8, 4) is 0 Å². The lowest BCUT2D eigenvalue weighted by Crippen LogP contribution is -2.19. The second-order valence-electron chi connectivity index (χ2n) is 3.83. The van der Waals surface area contributed by atoms with Crippen molar-refractivity contribution in [2.45, 2.75) is 46.1 Å². The summed E-state index contributed by atoms with van der Waals surface area (Å²) in [7, 11) is 0. The summed E-state index contributed by atoms with van der Waals surface area (Å²) in [6.07, 6.45) is 3.83. The lowest BCUT2D eigenvalue weighted by molar-refractivity contribution is 0.413. The van der Waals surface area contributed by atoms with Gasteiger partial charge in [0, 0.05) is 0 Å². The van der Waals surface area contributed by atoms with Crippen LogP contribution in [0.1, 0.15) is 50.7 Å². The van der Waals surface area contributed by atoms with Gasteiger partial charge < -0.3 is 9.73 Å². The van der Waals surface area contributed by atoms with E-state index in [-0.39, 0.29) is 0 Å². The maximum absolute atomic E-state index is 5.54. The van der Waals surface area contributed by atoms with E-state index in [1.807, 2.05) is 19.1 Å². The molecule has 1 aromatic rings. The van der Waals surface area contributed by atoms with E-state index in [1.165, 1.54) is 19.3 Å². The van der Waals surface area contributed by atoms with Gasteiger partial charge in [-0.2, -0.15) is 0 Å². The molecular formula is C12H21NO. The van der Waals surface area contributed by atoms with Crippen LogP contribution in [0.15, 0.2) is 16.5 Å². The summed E-state index contributed by atoms with van der Waals surface area (Å²) in [6.45, 7) is 7.42. The molecule has 2 nitrogen and oxygen atoms in total. The van der Waals surface area contributed by atoms with Crippen LogP contribution in [0.2, 0.25) is 0 Å². The van der Waals surface area contributed by atoms with Crippen LogP contribution in [0.25, 0.3) is 0 Å². The Balaban J connectivity index is 2.25. The van der Waals surface area contributed by atoms with Gasteiger partial charge in [0.2, 0.25) is 0 Å². The molecule has 0 aliphatic carbocycles. The second-order valence-corrected chi connectivity index (χ2v) is 3.83. The van der Waals surface area contributed by atoms with Crippen molar-refractivity contribution in [3.63, 3.8) is 0 Å². The molecule has 0 radical (unpaired) electrons. The molecule has 1 aromatic heterocycles. The molecule has 1 atom stereocenters. The van der Waals surface area contributed by atoms with Gasteiger partial charge in [-0.3, -0.25) is 0 Å². The maximum Gasteiger partial charge on any atom is 0.120 e. The quantitative estimate of drug-likeness (QED) is 0.703. The third kappa shape index (κ3) is 3.54. The fraction of sp³-hybridized carbons (Fsp3) is 0.667. The Labute approximate surface area is 86.7 Å². The van der Waals surface area contributed by atoms with E-state index in [0.29, 0.717) is 6.04 Å². The molecule has 2 heteroatoms. The highest BCUT2D eigenvalue weighted by Gasteiger charge is 2.07. The molecule has 0 saturated heterocycles. The molecule has 1 N–H and O–H groups in total. The van der Waals surface area contributed by atoms with Crippen LogP contribution in [0.4, 0.5) is 0 Å². The molecule has 0 fully saturated rings. The standard InChI is InChI=1S/C12H21NO/c1-4-5-6-9-13-11(3)12-8-7-10(2)14-12/h7-8,11,13H,4-6,9H2,1-3H3/t11-/m1/s1. The zero-order chi connectivity index (χ0) is 10.4. The Bertz CT molecular complexity index is 255. The zero-order valence-corrected chi connectivity index (χ0v) is 9.47. The number of rotatable bonds is 6. The highest BCUT2D eigenvalue weighted by Crippen LogP contribution is 2.15. The normalized spacial score (nSPS) is 13.1. The molecule has 1 heterocycles. The number of unbranched alkanes of at least 4 members (excludes halogenated alkanes) is 2. The third-order valence-electron chi connectivity index (χ3n) is 2.42. The van der Waals surface area contributed by atoms with Gasteiger partial charge in [-0.05, 0) is 38.9 Å². The first-order valence-corrected chi connectivity index (χ1v) is 5.53. The SMILES string of the molecule is CCCCCN[C@H](C)c1ccc(C)o1. The minimum atomic E-state index is 0.334. The van der Waals surface area contributed by atoms with Crippen LogP contribution in [0.3, 0.4) is 0 Å². The maximum atomic E-state index is 5.54. The first-order valence-electron chi connectivity index (χ1n) is 5.53. The first-order chi connectivity index (χ1) is 6.74. The van der Waals surface area contributed by atoms with Crippen LogP contribution in [-0.4, -0.2) is 6.54 Å². The lowest BCUT2D eigenvalue weighted by atomic mass is 10.2. The predicted molar refractivity (Wildman–Crippen MR) is 59.4 cm³/mol. The highest BCUT2D eigenvalue weighted by atomic mass is 16.3. The van der Waals surface area contributed by atoms with Crippen molar-refractivity contribution in [2.24, 2.45) is 0 Å². The van der Waals surface area contributed by atoms with E-state index in [4.69, 9.17) is 4.42 Å². The van der Waals surface area contributed by atoms with Gasteiger partial charge in [0.15, 0.2) is 0 Å². The summed E-state index contributed by atoms with van der Waals surface area (Å²) in [5, 5.41) is 3.45. The monoisotopic (exact) mass is 195 g/mol. The summed E-state index contributed by atoms with van der Waals surface area (Å²) >= 11 is 0. The minimum Gasteiger partial charge on any atom is -0.465 e. The van der Waals surface area contributed by atoms with Crippen molar-refractivity contribution in [2.75, 3.05) is 6.54 Å². The van der Waals surface area contributed by atoms with Gasteiger partial charge in [0.25, 0.3) is 0 Å². The van der Waals surface area contributed by atoms with Crippen molar-refractivity contribution >= 4 is 0 Å². The van der Waals surface area contributed by atoms with Crippen LogP contribution in [0, 0.1) is 6.92 Å². The van der Waals surface area contributed by atoms with E-state index < -0.39 is 0 Å². The topological polar surface area (TPSA) is 25.2 Å². The van der Waals surface area contributed by atoms with E-state index in [1.54, 1.807) is 0 Å². The number of nitrogens with one attached hydrogen (secondary N) is 1. The fourth-order valence-corrected chi connectivity index (χ4v) is 1.48. The largest absolute Gasteiger partial charge is 0.465 e. The Morgan fingerprint density at radius 2 is 2.14 bits per heavy atom. The first kappa shape index (κ1) is 11.3. The van der Waals surface area contributed by atoms with E-state index >= 15 is 0 Å². The van der Waals surface area contributed by atoms with Crippen LogP contribution in [0.5, 0.6) is 0 Å². The molecule has 0 saturated carbocycles. The van der Waals surface area contributed by atoms with E-state index in [9.17, 15) is 0 Å². The highest BCUT2D eigenvalue weighted by molar-refractivity contribution is 5.08. The van der Waals surface area contributed by atoms with E-state index in [0.717, 1.165) is 18.1 Å². The number of furan rings is 1. The Hall–Kier alpha value is -0.760. The van der Waals surface area contributed by atoms with E-state index in [2.05, 4.69) is 19.2 Å². The van der Waals surface area contributed by atoms with Crippen LogP contribution >= 0.6 is 0 Å². The van der Waals surface area contributed by atoms with Gasteiger partial charge >= 0.3 is 0 Å². The van der Waals surface area contributed by atoms with Crippen molar-refractivity contribution in [3.05, 3.63) is 23.7 Å². The fourth-order valence-electron chi connectivity index (χ4n) is 1.48. The Morgan fingerprint density at radius 3 is 2.71 bits per heavy atom. The molecule has 80 valence electrons. The number of hydrogen-bond donors (Lipinski definition) is 1. The van der Waals surface area contributed by atoms with Crippen molar-refractivity contribution in [1.29, 1.82) is 0 Å². The van der Waals surface area contributed by atoms with Crippen molar-refractivity contribution < 1.29 is 4.42 Å². The predicted octanol–water partition coefficient (Wildman–Crippen LogP) is 3.43. The lowest BCUT2D eigenvalue weighted by Gasteiger charge is -2.10. The zero-order valence-electron chi connectivity index (χ0n) is 9.47. The van der Waals surface area contributed by atoms with Crippen LogP contribution in [-0.2, 0) is 0 Å². The molecule has 0 bridgehead atoms. The summed E-state index contributed by atoms with van der Waals surface area (Å²) in [6, 6.07) is 4.40. The van der Waals surface area contributed by atoms with Gasteiger partial charge in [0.05, 0.1) is 6.04 Å². The van der Waals surface area contributed by atoms with Gasteiger partial charge in [0.1, 0.15) is 11.5 Å². The van der Waals surface area contributed by atoms with Crippen LogP contribution < -0.4 is 5.32 Å². The molecule has 0 aromatic carbocycles. The Kier molecular flexibility index (Phi) is 4.74. The second kappa shape index (κ2) is 5.86. The summed E-state index contributed by atoms with van der Waals surface area (Å²) in [5.74, 6) is 2.03. The minimum absolute atomic E-state index is 0.334. The smallest absolute Gasteiger partial charge is 0.120 e. The average Bonchev–Trinajstić information content (AvgIpc) is 2.59. The molecule has 0 amide bonds. The Morgan fingerprint density at radius 1 is 1.36 bits per heavy atom. The number of aryl methyl sites for hydroxylation is 1. The third-order valence-corrected chi connectivity index (χ3v) is 2.42. The summed E-state index contributed by atoms with van der Waals surface area (Å²) < 4.78 is 5.54. The van der Waals surface area contributed by atoms with Crippen molar-refractivity contribution in [1.82, 2.24) is 5.32 Å². The summed E-state index contributed by atoms with van der Waals surface area (Å²) in [4.78, 5) is 0. The molecular weight excluding hydrogens is 174 g/mol.